The fraction of sp³-hybridized carbons (Fsp3) is 1.00. The van der Waals surface area contributed by atoms with E-state index in [1.165, 1.54) is 0 Å². The van der Waals surface area contributed by atoms with E-state index < -0.39 is 0 Å². The van der Waals surface area contributed by atoms with Crippen LogP contribution < -0.4 is 5.73 Å². The van der Waals surface area contributed by atoms with Gasteiger partial charge in [0.1, 0.15) is 0 Å². The number of hydrogen-bond donors (Lipinski definition) is 1. The molecular weight excluding hydrogens is 204 g/mol. The van der Waals surface area contributed by atoms with Crippen molar-refractivity contribution in [1.82, 2.24) is 4.90 Å². The molecule has 0 bridgehead atoms. The summed E-state index contributed by atoms with van der Waals surface area (Å²) in [4.78, 5) is 2.51. The third-order valence-electron chi connectivity index (χ3n) is 3.89. The van der Waals surface area contributed by atoms with Gasteiger partial charge in [0, 0.05) is 45.3 Å². The number of likely N-dealkylation sites (tertiary alicyclic amines) is 1. The Bertz CT molecular complexity index is 205. The van der Waals surface area contributed by atoms with Gasteiger partial charge in [-0.1, -0.05) is 0 Å². The number of nitrogens with two attached hydrogens (primary N) is 1. The van der Waals surface area contributed by atoms with Crippen molar-refractivity contribution in [3.63, 3.8) is 0 Å². The molecule has 4 nitrogen and oxygen atoms in total. The lowest BCUT2D eigenvalue weighted by Gasteiger charge is -2.36. The summed E-state index contributed by atoms with van der Waals surface area (Å²) >= 11 is 0. The quantitative estimate of drug-likeness (QED) is 0.762. The average molecular weight is 228 g/mol. The smallest absolute Gasteiger partial charge is 0.0595 e. The Hall–Kier alpha value is -0.160. The van der Waals surface area contributed by atoms with Crippen LogP contribution in [0.15, 0.2) is 0 Å². The molecule has 2 saturated heterocycles. The molecular formula is C12H24N2O2. The molecule has 4 heteroatoms. The van der Waals surface area contributed by atoms with Crippen molar-refractivity contribution < 1.29 is 9.47 Å². The zero-order valence-corrected chi connectivity index (χ0v) is 10.2. The molecule has 2 fully saturated rings. The fourth-order valence-corrected chi connectivity index (χ4v) is 2.66. The van der Waals surface area contributed by atoms with Gasteiger partial charge in [0.2, 0.25) is 0 Å². The molecule has 0 radical (unpaired) electrons. The highest BCUT2D eigenvalue weighted by atomic mass is 16.5. The van der Waals surface area contributed by atoms with E-state index in [1.54, 1.807) is 0 Å². The van der Waals surface area contributed by atoms with Gasteiger partial charge in [0.05, 0.1) is 12.7 Å². The lowest BCUT2D eigenvalue weighted by molar-refractivity contribution is 0.00400. The summed E-state index contributed by atoms with van der Waals surface area (Å²) in [5.41, 5.74) is 6.12. The molecule has 0 saturated carbocycles. The molecule has 2 heterocycles. The van der Waals surface area contributed by atoms with Crippen molar-refractivity contribution in [1.29, 1.82) is 0 Å². The fourth-order valence-electron chi connectivity index (χ4n) is 2.66. The first-order chi connectivity index (χ1) is 7.79. The lowest BCUT2D eigenvalue weighted by atomic mass is 9.95. The summed E-state index contributed by atoms with van der Waals surface area (Å²) in [5, 5.41) is 0. The van der Waals surface area contributed by atoms with Crippen LogP contribution in [0.5, 0.6) is 0 Å². The largest absolute Gasteiger partial charge is 0.381 e. The van der Waals surface area contributed by atoms with Gasteiger partial charge in [-0.3, -0.25) is 0 Å². The molecule has 2 aliphatic heterocycles. The summed E-state index contributed by atoms with van der Waals surface area (Å²) in [5.74, 6) is 0.521. The lowest BCUT2D eigenvalue weighted by Crippen LogP contribution is -2.47. The highest BCUT2D eigenvalue weighted by molar-refractivity contribution is 4.81. The second-order valence-corrected chi connectivity index (χ2v) is 5.02. The Morgan fingerprint density at radius 3 is 2.69 bits per heavy atom. The molecule has 0 aliphatic carbocycles. The first kappa shape index (κ1) is 12.3. The Kier molecular flexibility index (Phi) is 4.58. The first-order valence-electron chi connectivity index (χ1n) is 6.38. The summed E-state index contributed by atoms with van der Waals surface area (Å²) in [7, 11) is 1.81. The van der Waals surface area contributed by atoms with Gasteiger partial charge >= 0.3 is 0 Å². The second-order valence-electron chi connectivity index (χ2n) is 5.02. The van der Waals surface area contributed by atoms with Crippen molar-refractivity contribution in [2.75, 3.05) is 40.0 Å². The van der Waals surface area contributed by atoms with E-state index in [0.29, 0.717) is 18.1 Å². The summed E-state index contributed by atoms with van der Waals surface area (Å²) < 4.78 is 10.9. The van der Waals surface area contributed by atoms with E-state index in [9.17, 15) is 0 Å². The van der Waals surface area contributed by atoms with Crippen molar-refractivity contribution in [3.8, 4) is 0 Å². The minimum Gasteiger partial charge on any atom is -0.381 e. The molecule has 0 aromatic rings. The Labute approximate surface area is 98.1 Å². The highest BCUT2D eigenvalue weighted by Gasteiger charge is 2.26. The Balaban J connectivity index is 1.73. The molecule has 0 aromatic carbocycles. The van der Waals surface area contributed by atoms with Crippen LogP contribution in [0.3, 0.4) is 0 Å². The Morgan fingerprint density at radius 1 is 1.31 bits per heavy atom. The molecule has 94 valence electrons. The standard InChI is InChI=1S/C12H24N2O2/c1-15-11-2-5-14(6-3-11)8-10-9-16-7-4-12(10)13/h10-12H,2-9,13H2,1H3. The SMILES string of the molecule is COC1CCN(CC2COCCC2N)CC1. The van der Waals surface area contributed by atoms with Gasteiger partial charge < -0.3 is 20.1 Å². The van der Waals surface area contributed by atoms with Crippen molar-refractivity contribution in [2.24, 2.45) is 11.7 Å². The maximum Gasteiger partial charge on any atom is 0.0595 e. The average Bonchev–Trinajstić information content (AvgIpc) is 2.33. The Morgan fingerprint density at radius 2 is 2.06 bits per heavy atom. The third-order valence-corrected chi connectivity index (χ3v) is 3.89. The van der Waals surface area contributed by atoms with Crippen LogP contribution in [-0.4, -0.2) is 57.0 Å². The molecule has 0 amide bonds. The summed E-state index contributed by atoms with van der Waals surface area (Å²) in [6.07, 6.45) is 3.78. The van der Waals surface area contributed by atoms with Gasteiger partial charge in [0.15, 0.2) is 0 Å². The van der Waals surface area contributed by atoms with Crippen LogP contribution in [0.4, 0.5) is 0 Å². The van der Waals surface area contributed by atoms with Gasteiger partial charge in [-0.25, -0.2) is 0 Å². The van der Waals surface area contributed by atoms with Gasteiger partial charge in [-0.15, -0.1) is 0 Å². The number of piperidine rings is 1. The van der Waals surface area contributed by atoms with Crippen LogP contribution in [0, 0.1) is 5.92 Å². The molecule has 16 heavy (non-hydrogen) atoms. The maximum absolute atomic E-state index is 6.12. The number of rotatable bonds is 3. The molecule has 2 rings (SSSR count). The van der Waals surface area contributed by atoms with Crippen LogP contribution >= 0.6 is 0 Å². The van der Waals surface area contributed by atoms with Gasteiger partial charge in [0.25, 0.3) is 0 Å². The number of methoxy groups -OCH3 is 1. The number of ether oxygens (including phenoxy) is 2. The van der Waals surface area contributed by atoms with E-state index in [2.05, 4.69) is 4.90 Å². The third kappa shape index (κ3) is 3.17. The monoisotopic (exact) mass is 228 g/mol. The van der Waals surface area contributed by atoms with E-state index in [0.717, 1.165) is 52.1 Å². The van der Waals surface area contributed by atoms with E-state index in [1.807, 2.05) is 7.11 Å². The maximum atomic E-state index is 6.12. The highest BCUT2D eigenvalue weighted by Crippen LogP contribution is 2.18. The van der Waals surface area contributed by atoms with Crippen LogP contribution in [0.2, 0.25) is 0 Å². The zero-order chi connectivity index (χ0) is 11.4. The first-order valence-corrected chi connectivity index (χ1v) is 6.38. The van der Waals surface area contributed by atoms with Gasteiger partial charge in [-0.2, -0.15) is 0 Å². The summed E-state index contributed by atoms with van der Waals surface area (Å²) in [6.45, 7) is 5.05. The predicted octanol–water partition coefficient (Wildman–Crippen LogP) is 0.461. The molecule has 2 atom stereocenters. The van der Waals surface area contributed by atoms with Crippen LogP contribution in [-0.2, 0) is 9.47 Å². The molecule has 0 spiro atoms. The van der Waals surface area contributed by atoms with Crippen molar-refractivity contribution in [2.45, 2.75) is 31.4 Å². The van der Waals surface area contributed by atoms with Crippen molar-refractivity contribution in [3.05, 3.63) is 0 Å². The van der Waals surface area contributed by atoms with E-state index >= 15 is 0 Å². The minimum atomic E-state index is 0.328. The topological polar surface area (TPSA) is 47.7 Å². The molecule has 2 N–H and O–H groups in total. The number of hydrogen-bond acceptors (Lipinski definition) is 4. The van der Waals surface area contributed by atoms with Crippen LogP contribution in [0.25, 0.3) is 0 Å². The molecule has 0 aromatic heterocycles. The van der Waals surface area contributed by atoms with Gasteiger partial charge in [-0.05, 0) is 19.3 Å². The normalized spacial score (nSPS) is 34.1. The second kappa shape index (κ2) is 5.96. The minimum absolute atomic E-state index is 0.328. The molecule has 2 aliphatic rings. The zero-order valence-electron chi connectivity index (χ0n) is 10.2. The van der Waals surface area contributed by atoms with Crippen LogP contribution in [0.1, 0.15) is 19.3 Å². The van der Waals surface area contributed by atoms with Crippen molar-refractivity contribution >= 4 is 0 Å². The number of nitrogens with zero attached hydrogens (tertiary/aromatic N) is 1. The summed E-state index contributed by atoms with van der Waals surface area (Å²) in [6, 6.07) is 0.328. The van der Waals surface area contributed by atoms with E-state index in [-0.39, 0.29) is 0 Å². The predicted molar refractivity (Wildman–Crippen MR) is 63.4 cm³/mol. The van der Waals surface area contributed by atoms with E-state index in [4.69, 9.17) is 15.2 Å². The molecule has 2 unspecified atom stereocenters.